The summed E-state index contributed by atoms with van der Waals surface area (Å²) in [5.74, 6) is 0. The molecule has 1 N–H and O–H groups in total. The Morgan fingerprint density at radius 1 is 0.923 bits per heavy atom. The molecule has 142 valence electrons. The highest BCUT2D eigenvalue weighted by Crippen LogP contribution is 2.29. The van der Waals surface area contributed by atoms with Crippen molar-refractivity contribution >= 4 is 36.7 Å². The Hall–Kier alpha value is -2.06. The van der Waals surface area contributed by atoms with Crippen LogP contribution in [0.15, 0.2) is 52.3 Å². The molecule has 8 heteroatoms. The second-order valence-electron chi connectivity index (χ2n) is 6.58. The Bertz CT molecular complexity index is 1010. The lowest BCUT2D eigenvalue weighted by molar-refractivity contribution is 0.600. The molecule has 0 radical (unpaired) electrons. The quantitative estimate of drug-likeness (QED) is 0.808. The van der Waals surface area contributed by atoms with Gasteiger partial charge in [-0.1, -0.05) is 6.07 Å². The second-order valence-corrected chi connectivity index (χ2v) is 10.6. The number of benzene rings is 2. The van der Waals surface area contributed by atoms with E-state index in [2.05, 4.69) is 24.1 Å². The normalized spacial score (nSPS) is 12.2. The molecule has 0 heterocycles. The van der Waals surface area contributed by atoms with Crippen LogP contribution in [0.5, 0.6) is 0 Å². The topological polar surface area (TPSA) is 83.6 Å². The first-order valence-corrected chi connectivity index (χ1v) is 11.8. The van der Waals surface area contributed by atoms with E-state index in [0.717, 1.165) is 18.2 Å². The molecule has 2 rings (SSSR count). The lowest BCUT2D eigenvalue weighted by atomic mass is 10.2. The highest BCUT2D eigenvalue weighted by atomic mass is 32.2. The van der Waals surface area contributed by atoms with Gasteiger partial charge in [0.1, 0.15) is 0 Å². The molecule has 2 aromatic carbocycles. The zero-order chi connectivity index (χ0) is 19.7. The van der Waals surface area contributed by atoms with Crippen LogP contribution in [0.1, 0.15) is 13.8 Å². The van der Waals surface area contributed by atoms with Gasteiger partial charge in [-0.2, -0.15) is 0 Å². The van der Waals surface area contributed by atoms with Crippen LogP contribution in [0.3, 0.4) is 0 Å². The summed E-state index contributed by atoms with van der Waals surface area (Å²) in [5.41, 5.74) is 2.04. The lowest BCUT2D eigenvalue weighted by Gasteiger charge is -2.24. The molecule has 0 atom stereocenters. The summed E-state index contributed by atoms with van der Waals surface area (Å²) < 4.78 is 47.8. The van der Waals surface area contributed by atoms with E-state index in [4.69, 9.17) is 0 Å². The third-order valence-corrected chi connectivity index (χ3v) is 6.33. The summed E-state index contributed by atoms with van der Waals surface area (Å²) in [6.45, 7) is 4.15. The summed E-state index contributed by atoms with van der Waals surface area (Å²) in [5, 5.41) is 3.09. The largest absolute Gasteiger partial charge is 0.372 e. The predicted octanol–water partition coefficient (Wildman–Crippen LogP) is 3.08. The van der Waals surface area contributed by atoms with E-state index in [1.54, 1.807) is 0 Å². The number of nitrogens with zero attached hydrogens (tertiary/aromatic N) is 1. The van der Waals surface area contributed by atoms with E-state index in [9.17, 15) is 16.8 Å². The Balaban J connectivity index is 2.49. The van der Waals surface area contributed by atoms with Crippen LogP contribution in [0.25, 0.3) is 0 Å². The van der Waals surface area contributed by atoms with Crippen LogP contribution >= 0.6 is 0 Å². The first kappa shape index (κ1) is 20.3. The molecule has 0 spiro atoms. The van der Waals surface area contributed by atoms with Crippen molar-refractivity contribution in [3.63, 3.8) is 0 Å². The van der Waals surface area contributed by atoms with Crippen molar-refractivity contribution in [3.8, 4) is 0 Å². The predicted molar refractivity (Wildman–Crippen MR) is 106 cm³/mol. The SMILES string of the molecule is CC(C)N(C)c1cccc(Nc2ccc(S(C)(=O)=O)cc2S(C)(=O)=O)c1. The van der Waals surface area contributed by atoms with E-state index < -0.39 is 19.7 Å². The molecule has 0 fully saturated rings. The Morgan fingerprint density at radius 3 is 2.12 bits per heavy atom. The number of hydrogen-bond acceptors (Lipinski definition) is 6. The molecule has 0 aliphatic heterocycles. The molecule has 2 aromatic rings. The van der Waals surface area contributed by atoms with Crippen LogP contribution in [0, 0.1) is 0 Å². The second kappa shape index (κ2) is 7.28. The molecule has 0 bridgehead atoms. The van der Waals surface area contributed by atoms with Gasteiger partial charge in [-0.3, -0.25) is 0 Å². The summed E-state index contributed by atoms with van der Waals surface area (Å²) >= 11 is 0. The highest BCUT2D eigenvalue weighted by molar-refractivity contribution is 7.91. The Morgan fingerprint density at radius 2 is 1.58 bits per heavy atom. The highest BCUT2D eigenvalue weighted by Gasteiger charge is 2.18. The first-order chi connectivity index (χ1) is 11.9. The maximum Gasteiger partial charge on any atom is 0.177 e. The van der Waals surface area contributed by atoms with Gasteiger partial charge < -0.3 is 10.2 Å². The fourth-order valence-electron chi connectivity index (χ4n) is 2.40. The molecule has 0 aliphatic carbocycles. The van der Waals surface area contributed by atoms with E-state index >= 15 is 0 Å². The third-order valence-electron chi connectivity index (χ3n) is 4.09. The van der Waals surface area contributed by atoms with Crippen molar-refractivity contribution in [1.82, 2.24) is 0 Å². The zero-order valence-electron chi connectivity index (χ0n) is 15.5. The van der Waals surface area contributed by atoms with Crippen LogP contribution in [-0.4, -0.2) is 42.4 Å². The number of sulfone groups is 2. The molecular weight excluding hydrogens is 372 g/mol. The van der Waals surface area contributed by atoms with Gasteiger partial charge in [0.25, 0.3) is 0 Å². The maximum absolute atomic E-state index is 12.1. The minimum atomic E-state index is -3.61. The maximum atomic E-state index is 12.1. The van der Waals surface area contributed by atoms with E-state index in [0.29, 0.717) is 17.4 Å². The zero-order valence-corrected chi connectivity index (χ0v) is 17.1. The lowest BCUT2D eigenvalue weighted by Crippen LogP contribution is -2.25. The molecule has 0 aliphatic rings. The van der Waals surface area contributed by atoms with Crippen molar-refractivity contribution < 1.29 is 16.8 Å². The van der Waals surface area contributed by atoms with Gasteiger partial charge in [-0.05, 0) is 50.2 Å². The number of rotatable bonds is 6. The van der Waals surface area contributed by atoms with Crippen molar-refractivity contribution in [2.24, 2.45) is 0 Å². The minimum absolute atomic E-state index is 0.0308. The van der Waals surface area contributed by atoms with Crippen molar-refractivity contribution in [3.05, 3.63) is 42.5 Å². The molecular formula is C18H24N2O4S2. The van der Waals surface area contributed by atoms with Gasteiger partial charge in [0, 0.05) is 37.0 Å². The molecule has 0 saturated carbocycles. The summed E-state index contributed by atoms with van der Waals surface area (Å²) in [7, 11) is -5.14. The molecule has 26 heavy (non-hydrogen) atoms. The first-order valence-electron chi connectivity index (χ1n) is 8.03. The average molecular weight is 397 g/mol. The van der Waals surface area contributed by atoms with Crippen LogP contribution < -0.4 is 10.2 Å². The smallest absolute Gasteiger partial charge is 0.177 e. The van der Waals surface area contributed by atoms with Gasteiger partial charge in [0.05, 0.1) is 15.5 Å². The number of nitrogens with one attached hydrogen (secondary N) is 1. The molecule has 6 nitrogen and oxygen atoms in total. The fraction of sp³-hybridized carbons (Fsp3) is 0.333. The van der Waals surface area contributed by atoms with Crippen LogP contribution in [0.4, 0.5) is 17.1 Å². The van der Waals surface area contributed by atoms with Gasteiger partial charge in [0.2, 0.25) is 0 Å². The summed E-state index contributed by atoms with van der Waals surface area (Å²) in [6, 6.07) is 12.0. The van der Waals surface area contributed by atoms with Gasteiger partial charge in [0.15, 0.2) is 19.7 Å². The van der Waals surface area contributed by atoms with Crippen LogP contribution in [-0.2, 0) is 19.7 Å². The molecule has 0 amide bonds. The van der Waals surface area contributed by atoms with Gasteiger partial charge >= 0.3 is 0 Å². The van der Waals surface area contributed by atoms with E-state index in [-0.39, 0.29) is 9.79 Å². The van der Waals surface area contributed by atoms with Gasteiger partial charge in [-0.25, -0.2) is 16.8 Å². The third kappa shape index (κ3) is 4.76. The van der Waals surface area contributed by atoms with Crippen LogP contribution in [0.2, 0.25) is 0 Å². The Kier molecular flexibility index (Phi) is 5.67. The van der Waals surface area contributed by atoms with E-state index in [1.165, 1.54) is 18.2 Å². The molecule has 0 unspecified atom stereocenters. The van der Waals surface area contributed by atoms with Crippen molar-refractivity contribution in [1.29, 1.82) is 0 Å². The fourth-order valence-corrected chi connectivity index (χ4v) is 3.98. The molecule has 0 aromatic heterocycles. The average Bonchev–Trinajstić information content (AvgIpc) is 2.52. The summed E-state index contributed by atoms with van der Waals surface area (Å²) in [4.78, 5) is 2.01. The number of hydrogen-bond donors (Lipinski definition) is 1. The Labute approximate surface area is 155 Å². The van der Waals surface area contributed by atoms with Gasteiger partial charge in [-0.15, -0.1) is 0 Å². The minimum Gasteiger partial charge on any atom is -0.372 e. The number of anilines is 3. The monoisotopic (exact) mass is 396 g/mol. The van der Waals surface area contributed by atoms with Crippen molar-refractivity contribution in [2.45, 2.75) is 29.7 Å². The van der Waals surface area contributed by atoms with E-state index in [1.807, 2.05) is 31.3 Å². The standard InChI is InChI=1S/C18H24N2O4S2/c1-13(2)20(3)15-8-6-7-14(11-15)19-17-10-9-16(25(4,21)22)12-18(17)26(5,23)24/h6-13,19H,1-5H3. The molecule has 0 saturated heterocycles. The van der Waals surface area contributed by atoms with Crippen molar-refractivity contribution in [2.75, 3.05) is 29.8 Å². The summed E-state index contributed by atoms with van der Waals surface area (Å²) in [6.07, 6.45) is 2.11.